The normalized spacial score (nSPS) is 17.3. The molecule has 1 unspecified atom stereocenters. The number of hydrogen-bond acceptors (Lipinski definition) is 4. The van der Waals surface area contributed by atoms with Crippen LogP contribution in [0.2, 0.25) is 0 Å². The van der Waals surface area contributed by atoms with Crippen LogP contribution in [0, 0.1) is 0 Å². The van der Waals surface area contributed by atoms with Gasteiger partial charge in [-0.25, -0.2) is 8.42 Å². The van der Waals surface area contributed by atoms with E-state index in [2.05, 4.69) is 10.2 Å². The number of rotatable bonds is 8. The topological polar surface area (TPSA) is 69.7 Å². The maximum Gasteiger partial charge on any atom is 0.243 e. The largest absolute Gasteiger partial charge is 0.354 e. The number of hydrogen-bond donors (Lipinski definition) is 1. The van der Waals surface area contributed by atoms with Crippen LogP contribution < -0.4 is 9.62 Å². The summed E-state index contributed by atoms with van der Waals surface area (Å²) in [7, 11) is -3.55. The van der Waals surface area contributed by atoms with Crippen molar-refractivity contribution in [3.8, 4) is 0 Å². The zero-order valence-corrected chi connectivity index (χ0v) is 16.7. The minimum Gasteiger partial charge on any atom is -0.354 e. The van der Waals surface area contributed by atoms with Gasteiger partial charge in [0.15, 0.2) is 0 Å². The van der Waals surface area contributed by atoms with Crippen molar-refractivity contribution in [1.29, 1.82) is 0 Å². The number of para-hydroxylation sites is 1. The van der Waals surface area contributed by atoms with Crippen molar-refractivity contribution >= 4 is 21.6 Å². The molecule has 1 aliphatic rings. The van der Waals surface area contributed by atoms with Crippen molar-refractivity contribution in [3.63, 3.8) is 0 Å². The van der Waals surface area contributed by atoms with Gasteiger partial charge in [-0.3, -0.25) is 9.10 Å². The van der Waals surface area contributed by atoms with Crippen molar-refractivity contribution < 1.29 is 13.2 Å². The lowest BCUT2D eigenvalue weighted by Crippen LogP contribution is -2.48. The van der Waals surface area contributed by atoms with Gasteiger partial charge in [0, 0.05) is 6.54 Å². The van der Waals surface area contributed by atoms with Crippen LogP contribution in [0.3, 0.4) is 0 Å². The summed E-state index contributed by atoms with van der Waals surface area (Å²) in [6.45, 7) is 5.44. The van der Waals surface area contributed by atoms with E-state index in [9.17, 15) is 13.2 Å². The van der Waals surface area contributed by atoms with E-state index >= 15 is 0 Å². The van der Waals surface area contributed by atoms with E-state index in [0.717, 1.165) is 32.3 Å². The van der Waals surface area contributed by atoms with E-state index in [4.69, 9.17) is 0 Å². The van der Waals surface area contributed by atoms with Gasteiger partial charge in [-0.05, 0) is 58.0 Å². The van der Waals surface area contributed by atoms with Crippen LogP contribution in [0.15, 0.2) is 30.3 Å². The lowest BCUT2D eigenvalue weighted by Gasteiger charge is -2.28. The Morgan fingerprint density at radius 2 is 1.77 bits per heavy atom. The molecule has 0 bridgehead atoms. The van der Waals surface area contributed by atoms with Gasteiger partial charge in [-0.2, -0.15) is 0 Å². The highest BCUT2D eigenvalue weighted by molar-refractivity contribution is 7.92. The third kappa shape index (κ3) is 6.29. The average Bonchev–Trinajstić information content (AvgIpc) is 2.87. The standard InChI is InChI=1S/C19H31N3O3S/c1-17(22(26(2,24)25)18-11-6-5-7-12-18)19(23)20-13-10-16-21-14-8-3-4-9-15-21/h5-7,11-12,17H,3-4,8-10,13-16H2,1-2H3,(H,20,23). The second-order valence-electron chi connectivity index (χ2n) is 6.97. The molecule has 7 heteroatoms. The SMILES string of the molecule is CC(C(=O)NCCCN1CCCCCC1)N(c1ccccc1)S(C)(=O)=O. The first kappa shape index (κ1) is 20.7. The summed E-state index contributed by atoms with van der Waals surface area (Å²) in [5.74, 6) is -0.268. The molecule has 0 aliphatic carbocycles. The fraction of sp³-hybridized carbons (Fsp3) is 0.632. The average molecular weight is 382 g/mol. The number of likely N-dealkylation sites (tertiary alicyclic amines) is 1. The minimum atomic E-state index is -3.55. The summed E-state index contributed by atoms with van der Waals surface area (Å²) in [5, 5.41) is 2.89. The quantitative estimate of drug-likeness (QED) is 0.701. The zero-order valence-electron chi connectivity index (χ0n) is 15.9. The Kier molecular flexibility index (Phi) is 7.90. The van der Waals surface area contributed by atoms with Crippen molar-refractivity contribution in [1.82, 2.24) is 10.2 Å². The van der Waals surface area contributed by atoms with Crippen LogP contribution in [0.5, 0.6) is 0 Å². The third-order valence-corrected chi connectivity index (χ3v) is 5.99. The molecule has 1 N–H and O–H groups in total. The first-order chi connectivity index (χ1) is 12.4. The monoisotopic (exact) mass is 381 g/mol. The van der Waals surface area contributed by atoms with Crippen LogP contribution in [0.4, 0.5) is 5.69 Å². The Labute approximate surface area is 157 Å². The van der Waals surface area contributed by atoms with Gasteiger partial charge in [0.05, 0.1) is 11.9 Å². The number of amides is 1. The Hall–Kier alpha value is -1.60. The van der Waals surface area contributed by atoms with Crippen molar-refractivity contribution in [2.75, 3.05) is 36.7 Å². The molecule has 1 atom stereocenters. The molecule has 0 radical (unpaired) electrons. The van der Waals surface area contributed by atoms with Crippen LogP contribution in [0.25, 0.3) is 0 Å². The molecule has 0 saturated carbocycles. The molecule has 1 heterocycles. The van der Waals surface area contributed by atoms with E-state index in [0.29, 0.717) is 12.2 Å². The van der Waals surface area contributed by atoms with E-state index in [1.165, 1.54) is 30.0 Å². The van der Waals surface area contributed by atoms with Crippen molar-refractivity contribution in [2.45, 2.75) is 45.1 Å². The molecule has 0 spiro atoms. The van der Waals surface area contributed by atoms with E-state index in [1.807, 2.05) is 6.07 Å². The van der Waals surface area contributed by atoms with Gasteiger partial charge < -0.3 is 10.2 Å². The maximum atomic E-state index is 12.5. The lowest BCUT2D eigenvalue weighted by atomic mass is 10.2. The summed E-state index contributed by atoms with van der Waals surface area (Å²) in [4.78, 5) is 14.9. The van der Waals surface area contributed by atoms with Gasteiger partial charge >= 0.3 is 0 Å². The first-order valence-corrected chi connectivity index (χ1v) is 11.3. The van der Waals surface area contributed by atoms with Crippen molar-refractivity contribution in [2.24, 2.45) is 0 Å². The fourth-order valence-electron chi connectivity index (χ4n) is 3.41. The smallest absolute Gasteiger partial charge is 0.243 e. The van der Waals surface area contributed by atoms with E-state index < -0.39 is 16.1 Å². The summed E-state index contributed by atoms with van der Waals surface area (Å²) < 4.78 is 25.5. The van der Waals surface area contributed by atoms with E-state index in [1.54, 1.807) is 31.2 Å². The van der Waals surface area contributed by atoms with Gasteiger partial charge in [-0.15, -0.1) is 0 Å². The van der Waals surface area contributed by atoms with Crippen molar-refractivity contribution in [3.05, 3.63) is 30.3 Å². The number of carbonyl (C=O) groups is 1. The number of nitrogens with zero attached hydrogens (tertiary/aromatic N) is 2. The molecule has 1 aromatic rings. The number of sulfonamides is 1. The van der Waals surface area contributed by atoms with Crippen LogP contribution >= 0.6 is 0 Å². The van der Waals surface area contributed by atoms with Gasteiger partial charge in [-0.1, -0.05) is 31.0 Å². The predicted molar refractivity (Wildman–Crippen MR) is 106 cm³/mol. The number of nitrogens with one attached hydrogen (secondary N) is 1. The molecular formula is C19H31N3O3S. The summed E-state index contributed by atoms with van der Waals surface area (Å²) in [6.07, 6.45) is 7.14. The molecule has 1 saturated heterocycles. The molecule has 6 nitrogen and oxygen atoms in total. The van der Waals surface area contributed by atoms with Crippen LogP contribution in [0.1, 0.15) is 39.0 Å². The number of benzene rings is 1. The first-order valence-electron chi connectivity index (χ1n) is 9.44. The Balaban J connectivity index is 1.86. The number of carbonyl (C=O) groups excluding carboxylic acids is 1. The highest BCUT2D eigenvalue weighted by Crippen LogP contribution is 2.20. The van der Waals surface area contributed by atoms with Crippen LogP contribution in [-0.2, 0) is 14.8 Å². The summed E-state index contributed by atoms with van der Waals surface area (Å²) in [5.41, 5.74) is 0.502. The van der Waals surface area contributed by atoms with E-state index in [-0.39, 0.29) is 5.91 Å². The molecule has 1 aromatic carbocycles. The summed E-state index contributed by atoms with van der Waals surface area (Å²) in [6, 6.07) is 7.95. The molecule has 26 heavy (non-hydrogen) atoms. The van der Waals surface area contributed by atoms with Gasteiger partial charge in [0.2, 0.25) is 15.9 Å². The Morgan fingerprint density at radius 3 is 2.35 bits per heavy atom. The molecular weight excluding hydrogens is 350 g/mol. The molecule has 2 rings (SSSR count). The second kappa shape index (κ2) is 9.92. The number of anilines is 1. The van der Waals surface area contributed by atoms with Gasteiger partial charge in [0.25, 0.3) is 0 Å². The minimum absolute atomic E-state index is 0.268. The zero-order chi connectivity index (χ0) is 19.0. The third-order valence-electron chi connectivity index (χ3n) is 4.75. The Morgan fingerprint density at radius 1 is 1.15 bits per heavy atom. The maximum absolute atomic E-state index is 12.5. The highest BCUT2D eigenvalue weighted by atomic mass is 32.2. The summed E-state index contributed by atoms with van der Waals surface area (Å²) >= 11 is 0. The fourth-order valence-corrected chi connectivity index (χ4v) is 4.58. The lowest BCUT2D eigenvalue weighted by molar-refractivity contribution is -0.121. The Bertz CT molecular complexity index is 656. The molecule has 0 aromatic heterocycles. The predicted octanol–water partition coefficient (Wildman–Crippen LogP) is 2.22. The molecule has 146 valence electrons. The molecule has 1 fully saturated rings. The van der Waals surface area contributed by atoms with Crippen LogP contribution in [-0.4, -0.2) is 57.7 Å². The molecule has 1 aliphatic heterocycles. The molecule has 1 amide bonds. The van der Waals surface area contributed by atoms with Gasteiger partial charge in [0.1, 0.15) is 6.04 Å². The highest BCUT2D eigenvalue weighted by Gasteiger charge is 2.28. The second-order valence-corrected chi connectivity index (χ2v) is 8.83.